The summed E-state index contributed by atoms with van der Waals surface area (Å²) in [5.74, 6) is 1.68. The molecule has 1 aliphatic heterocycles. The highest BCUT2D eigenvalue weighted by Gasteiger charge is 2.27. The third kappa shape index (κ3) is 2.54. The highest BCUT2D eigenvalue weighted by atomic mass is 16.5. The summed E-state index contributed by atoms with van der Waals surface area (Å²) in [5.41, 5.74) is 5.41. The average Bonchev–Trinajstić information content (AvgIpc) is 2.83. The molecule has 5 heteroatoms. The summed E-state index contributed by atoms with van der Waals surface area (Å²) >= 11 is 0. The molecule has 1 aromatic heterocycles. The predicted molar refractivity (Wildman–Crippen MR) is 54.4 cm³/mol. The number of nitrogens with zero attached hydrogens (tertiary/aromatic N) is 2. The smallest absolute Gasteiger partial charge is 0.222 e. The zero-order valence-electron chi connectivity index (χ0n) is 8.98. The maximum Gasteiger partial charge on any atom is 0.222 e. The van der Waals surface area contributed by atoms with Gasteiger partial charge in [-0.05, 0) is 26.3 Å². The number of hydrogen-bond acceptors (Lipinski definition) is 5. The van der Waals surface area contributed by atoms with E-state index >= 15 is 0 Å². The molecule has 0 aromatic carbocycles. The van der Waals surface area contributed by atoms with E-state index in [1.54, 1.807) is 0 Å². The Labute approximate surface area is 89.0 Å². The van der Waals surface area contributed by atoms with Crippen molar-refractivity contribution in [2.75, 3.05) is 13.2 Å². The Kier molecular flexibility index (Phi) is 3.33. The number of aromatic nitrogens is 2. The van der Waals surface area contributed by atoms with E-state index in [1.807, 2.05) is 0 Å². The van der Waals surface area contributed by atoms with Crippen LogP contribution in [0.3, 0.4) is 0 Å². The fourth-order valence-electron chi connectivity index (χ4n) is 1.78. The zero-order chi connectivity index (χ0) is 10.7. The van der Waals surface area contributed by atoms with Crippen LogP contribution in [-0.2, 0) is 11.2 Å². The van der Waals surface area contributed by atoms with Crippen LogP contribution in [0.1, 0.15) is 37.5 Å². The van der Waals surface area contributed by atoms with Gasteiger partial charge >= 0.3 is 0 Å². The van der Waals surface area contributed by atoms with Gasteiger partial charge in [-0.3, -0.25) is 0 Å². The van der Waals surface area contributed by atoms with Gasteiger partial charge in [0, 0.05) is 6.42 Å². The molecule has 2 rings (SSSR count). The van der Waals surface area contributed by atoms with Gasteiger partial charge in [0.25, 0.3) is 0 Å². The van der Waals surface area contributed by atoms with Gasteiger partial charge in [-0.1, -0.05) is 0 Å². The fourth-order valence-corrected chi connectivity index (χ4v) is 1.78. The van der Waals surface area contributed by atoms with Gasteiger partial charge in [0.2, 0.25) is 11.8 Å². The first-order valence-corrected chi connectivity index (χ1v) is 5.43. The molecule has 84 valence electrons. The van der Waals surface area contributed by atoms with Crippen LogP contribution in [0, 0.1) is 0 Å². The molecular weight excluding hydrogens is 194 g/mol. The molecular formula is C10H17N3O2. The van der Waals surface area contributed by atoms with Gasteiger partial charge < -0.3 is 14.9 Å². The summed E-state index contributed by atoms with van der Waals surface area (Å²) in [6, 6.07) is 0. The van der Waals surface area contributed by atoms with Crippen LogP contribution in [0.5, 0.6) is 0 Å². The molecule has 5 nitrogen and oxygen atoms in total. The Morgan fingerprint density at radius 1 is 1.47 bits per heavy atom. The Morgan fingerprint density at radius 2 is 2.33 bits per heavy atom. The predicted octanol–water partition coefficient (Wildman–Crippen LogP) is 0.853. The number of aryl methyl sites for hydroxylation is 1. The maximum atomic E-state index is 5.56. The lowest BCUT2D eigenvalue weighted by atomic mass is 10.1. The zero-order valence-corrected chi connectivity index (χ0v) is 8.98. The molecule has 1 saturated heterocycles. The van der Waals surface area contributed by atoms with Crippen molar-refractivity contribution in [2.45, 2.75) is 38.2 Å². The molecule has 0 amide bonds. The summed E-state index contributed by atoms with van der Waals surface area (Å²) in [7, 11) is 0. The molecule has 0 aliphatic carbocycles. The van der Waals surface area contributed by atoms with Crippen LogP contribution in [0.4, 0.5) is 0 Å². The van der Waals surface area contributed by atoms with E-state index in [1.165, 1.54) is 0 Å². The Hall–Kier alpha value is -0.940. The minimum Gasteiger partial charge on any atom is -0.425 e. The quantitative estimate of drug-likeness (QED) is 0.799. The number of nitrogens with two attached hydrogens (primary N) is 1. The van der Waals surface area contributed by atoms with Crippen LogP contribution < -0.4 is 5.73 Å². The Balaban J connectivity index is 1.94. The largest absolute Gasteiger partial charge is 0.425 e. The van der Waals surface area contributed by atoms with Gasteiger partial charge in [-0.2, -0.15) is 0 Å². The van der Waals surface area contributed by atoms with Crippen LogP contribution in [0.25, 0.3) is 0 Å². The molecule has 0 saturated carbocycles. The molecule has 1 aliphatic rings. The minimum absolute atomic E-state index is 0.277. The highest BCUT2D eigenvalue weighted by molar-refractivity contribution is 4.95. The van der Waals surface area contributed by atoms with Gasteiger partial charge in [-0.25, -0.2) is 0 Å². The van der Waals surface area contributed by atoms with Gasteiger partial charge in [0.15, 0.2) is 0 Å². The normalized spacial score (nSPS) is 26.0. The number of hydrogen-bond donors (Lipinski definition) is 1. The van der Waals surface area contributed by atoms with Crippen molar-refractivity contribution >= 4 is 0 Å². The monoisotopic (exact) mass is 211 g/mol. The molecule has 2 unspecified atom stereocenters. The number of rotatable bonds is 4. The van der Waals surface area contributed by atoms with Gasteiger partial charge in [0.05, 0.1) is 18.6 Å². The third-order valence-electron chi connectivity index (χ3n) is 2.62. The number of ether oxygens (including phenoxy) is 1. The first kappa shape index (κ1) is 10.6. The Morgan fingerprint density at radius 3 is 3.00 bits per heavy atom. The third-order valence-corrected chi connectivity index (χ3v) is 2.62. The molecule has 2 atom stereocenters. The first-order chi connectivity index (χ1) is 7.29. The van der Waals surface area contributed by atoms with Crippen LogP contribution in [0.15, 0.2) is 4.42 Å². The summed E-state index contributed by atoms with van der Waals surface area (Å²) < 4.78 is 11.0. The second-order valence-electron chi connectivity index (χ2n) is 4.00. The average molecular weight is 211 g/mol. The molecule has 2 heterocycles. The van der Waals surface area contributed by atoms with E-state index in [-0.39, 0.29) is 5.92 Å². The van der Waals surface area contributed by atoms with Crippen LogP contribution in [-0.4, -0.2) is 29.5 Å². The highest BCUT2D eigenvalue weighted by Crippen LogP contribution is 2.28. The summed E-state index contributed by atoms with van der Waals surface area (Å²) in [5, 5.41) is 8.04. The molecule has 0 spiro atoms. The van der Waals surface area contributed by atoms with E-state index in [0.29, 0.717) is 31.0 Å². The topological polar surface area (TPSA) is 74.2 Å². The molecule has 0 bridgehead atoms. The van der Waals surface area contributed by atoms with Crippen molar-refractivity contribution in [3.8, 4) is 0 Å². The second-order valence-corrected chi connectivity index (χ2v) is 4.00. The lowest BCUT2D eigenvalue weighted by molar-refractivity contribution is 0.122. The molecule has 15 heavy (non-hydrogen) atoms. The van der Waals surface area contributed by atoms with Crippen molar-refractivity contribution in [1.29, 1.82) is 0 Å². The SMILES string of the molecule is CC1CC(c2nnc(CCCN)o2)CO1. The van der Waals surface area contributed by atoms with E-state index in [2.05, 4.69) is 17.1 Å². The molecule has 1 fully saturated rings. The first-order valence-electron chi connectivity index (χ1n) is 5.43. The van der Waals surface area contributed by atoms with E-state index < -0.39 is 0 Å². The van der Waals surface area contributed by atoms with Crippen LogP contribution in [0.2, 0.25) is 0 Å². The summed E-state index contributed by atoms with van der Waals surface area (Å²) in [6.07, 6.45) is 2.93. The lowest BCUT2D eigenvalue weighted by Crippen LogP contribution is -2.00. The van der Waals surface area contributed by atoms with E-state index in [0.717, 1.165) is 19.3 Å². The summed E-state index contributed by atoms with van der Waals surface area (Å²) in [6.45, 7) is 3.41. The van der Waals surface area contributed by atoms with Crippen molar-refractivity contribution in [3.63, 3.8) is 0 Å². The maximum absolute atomic E-state index is 5.56. The van der Waals surface area contributed by atoms with Gasteiger partial charge in [-0.15, -0.1) is 10.2 Å². The van der Waals surface area contributed by atoms with Crippen molar-refractivity contribution in [3.05, 3.63) is 11.8 Å². The molecule has 0 radical (unpaired) electrons. The Bertz CT molecular complexity index is 313. The van der Waals surface area contributed by atoms with Crippen molar-refractivity contribution in [2.24, 2.45) is 5.73 Å². The van der Waals surface area contributed by atoms with Crippen molar-refractivity contribution in [1.82, 2.24) is 10.2 Å². The second kappa shape index (κ2) is 4.72. The van der Waals surface area contributed by atoms with Crippen molar-refractivity contribution < 1.29 is 9.15 Å². The standard InChI is InChI=1S/C10H17N3O2/c1-7-5-8(6-14-7)10-13-12-9(15-10)3-2-4-11/h7-8H,2-6,11H2,1H3. The van der Waals surface area contributed by atoms with Crippen LogP contribution >= 0.6 is 0 Å². The fraction of sp³-hybridized carbons (Fsp3) is 0.800. The molecule has 2 N–H and O–H groups in total. The molecule has 1 aromatic rings. The van der Waals surface area contributed by atoms with E-state index in [9.17, 15) is 0 Å². The van der Waals surface area contributed by atoms with E-state index in [4.69, 9.17) is 14.9 Å². The lowest BCUT2D eigenvalue weighted by Gasteiger charge is -1.99. The minimum atomic E-state index is 0.277. The van der Waals surface area contributed by atoms with Gasteiger partial charge in [0.1, 0.15) is 0 Å². The summed E-state index contributed by atoms with van der Waals surface area (Å²) in [4.78, 5) is 0.